The Hall–Kier alpha value is -1.29. The highest BCUT2D eigenvalue weighted by atomic mass is 79.9. The minimum Gasteiger partial charge on any atom is -0.508 e. The molecule has 84 valence electrons. The zero-order valence-electron chi connectivity index (χ0n) is 8.79. The van der Waals surface area contributed by atoms with E-state index in [1.54, 1.807) is 12.1 Å². The van der Waals surface area contributed by atoms with E-state index < -0.39 is 0 Å². The minimum absolute atomic E-state index is 0.175. The predicted molar refractivity (Wildman–Crippen MR) is 66.4 cm³/mol. The number of aryl methyl sites for hydroxylation is 1. The van der Waals surface area contributed by atoms with Gasteiger partial charge in [-0.25, -0.2) is 4.79 Å². The van der Waals surface area contributed by atoms with Gasteiger partial charge < -0.3 is 9.52 Å². The van der Waals surface area contributed by atoms with Crippen LogP contribution in [0.25, 0.3) is 11.0 Å². The molecule has 1 aromatic carbocycles. The van der Waals surface area contributed by atoms with E-state index in [4.69, 9.17) is 4.42 Å². The minimum atomic E-state index is -0.296. The third kappa shape index (κ3) is 1.85. The largest absolute Gasteiger partial charge is 0.508 e. The van der Waals surface area contributed by atoms with E-state index in [-0.39, 0.29) is 11.4 Å². The Kier molecular flexibility index (Phi) is 3.01. The molecule has 0 fully saturated rings. The molecule has 3 nitrogen and oxygen atoms in total. The molecular formula is C12H11BrO3. The van der Waals surface area contributed by atoms with Gasteiger partial charge in [0, 0.05) is 16.3 Å². The molecule has 0 unspecified atom stereocenters. The van der Waals surface area contributed by atoms with E-state index in [0.29, 0.717) is 22.9 Å². The highest BCUT2D eigenvalue weighted by molar-refractivity contribution is 9.09. The van der Waals surface area contributed by atoms with Gasteiger partial charge in [-0.15, -0.1) is 0 Å². The summed E-state index contributed by atoms with van der Waals surface area (Å²) in [5.41, 5.74) is 1.75. The summed E-state index contributed by atoms with van der Waals surface area (Å²) in [6.07, 6.45) is 0.625. The summed E-state index contributed by atoms with van der Waals surface area (Å²) in [7, 11) is 0. The Bertz CT molecular complexity index is 587. The smallest absolute Gasteiger partial charge is 0.339 e. The lowest BCUT2D eigenvalue weighted by Gasteiger charge is -2.06. The Morgan fingerprint density at radius 2 is 2.19 bits per heavy atom. The molecule has 0 atom stereocenters. The highest BCUT2D eigenvalue weighted by Crippen LogP contribution is 2.23. The number of halogens is 1. The third-order valence-electron chi connectivity index (χ3n) is 2.61. The van der Waals surface area contributed by atoms with Crippen LogP contribution in [-0.4, -0.2) is 10.4 Å². The second-order valence-corrected chi connectivity index (χ2v) is 4.41. The summed E-state index contributed by atoms with van der Waals surface area (Å²) in [6, 6.07) is 4.73. The lowest BCUT2D eigenvalue weighted by Crippen LogP contribution is -2.10. The molecule has 2 aromatic rings. The van der Waals surface area contributed by atoms with E-state index in [0.717, 1.165) is 10.9 Å². The van der Waals surface area contributed by atoms with Crippen LogP contribution in [0.15, 0.2) is 27.4 Å². The lowest BCUT2D eigenvalue weighted by atomic mass is 10.0. The van der Waals surface area contributed by atoms with Crippen LogP contribution in [0.1, 0.15) is 11.1 Å². The fourth-order valence-electron chi connectivity index (χ4n) is 1.76. The summed E-state index contributed by atoms with van der Waals surface area (Å²) >= 11 is 3.30. The van der Waals surface area contributed by atoms with Gasteiger partial charge in [0.2, 0.25) is 0 Å². The molecule has 0 aliphatic rings. The van der Waals surface area contributed by atoms with E-state index in [1.165, 1.54) is 6.07 Å². The van der Waals surface area contributed by atoms with Gasteiger partial charge in [0.05, 0.1) is 0 Å². The number of alkyl halides is 1. The van der Waals surface area contributed by atoms with E-state index in [1.807, 2.05) is 6.92 Å². The van der Waals surface area contributed by atoms with Crippen molar-refractivity contribution in [3.05, 3.63) is 39.7 Å². The Morgan fingerprint density at radius 3 is 2.88 bits per heavy atom. The van der Waals surface area contributed by atoms with Crippen LogP contribution < -0.4 is 5.63 Å². The Morgan fingerprint density at radius 1 is 1.44 bits per heavy atom. The number of fused-ring (bicyclic) bond motifs is 1. The zero-order valence-corrected chi connectivity index (χ0v) is 10.4. The molecule has 0 saturated heterocycles. The SMILES string of the molecule is Cc1c(CCBr)c(=O)oc2ccc(O)cc12. The molecule has 4 heteroatoms. The summed E-state index contributed by atoms with van der Waals surface area (Å²) in [5, 5.41) is 10.9. The topological polar surface area (TPSA) is 50.4 Å². The van der Waals surface area contributed by atoms with Crippen LogP contribution in [0, 0.1) is 6.92 Å². The van der Waals surface area contributed by atoms with E-state index >= 15 is 0 Å². The normalized spacial score (nSPS) is 10.9. The molecule has 16 heavy (non-hydrogen) atoms. The molecule has 0 bridgehead atoms. The maximum Gasteiger partial charge on any atom is 0.339 e. The van der Waals surface area contributed by atoms with Gasteiger partial charge in [-0.2, -0.15) is 0 Å². The number of phenols is 1. The maximum absolute atomic E-state index is 11.7. The summed E-state index contributed by atoms with van der Waals surface area (Å²) in [4.78, 5) is 11.7. The molecule has 0 spiro atoms. The predicted octanol–water partition coefficient (Wildman–Crippen LogP) is 2.74. The monoisotopic (exact) mass is 282 g/mol. The van der Waals surface area contributed by atoms with Crippen molar-refractivity contribution < 1.29 is 9.52 Å². The zero-order chi connectivity index (χ0) is 11.7. The third-order valence-corrected chi connectivity index (χ3v) is 3.01. The highest BCUT2D eigenvalue weighted by Gasteiger charge is 2.10. The summed E-state index contributed by atoms with van der Waals surface area (Å²) in [5.74, 6) is 0.175. The first-order valence-electron chi connectivity index (χ1n) is 4.94. The van der Waals surface area contributed by atoms with Gasteiger partial charge in [0.25, 0.3) is 0 Å². The molecule has 0 aliphatic carbocycles. The van der Waals surface area contributed by atoms with Crippen LogP contribution in [-0.2, 0) is 6.42 Å². The number of hydrogen-bond acceptors (Lipinski definition) is 3. The number of aromatic hydroxyl groups is 1. The standard InChI is InChI=1S/C12H11BrO3/c1-7-9(4-5-13)12(15)16-11-3-2-8(14)6-10(7)11/h2-3,6,14H,4-5H2,1H3. The van der Waals surface area contributed by atoms with Crippen molar-refractivity contribution in [1.29, 1.82) is 0 Å². The van der Waals surface area contributed by atoms with Gasteiger partial charge in [-0.1, -0.05) is 15.9 Å². The molecule has 0 aliphatic heterocycles. The van der Waals surface area contributed by atoms with Crippen molar-refractivity contribution in [2.45, 2.75) is 13.3 Å². The van der Waals surface area contributed by atoms with Crippen molar-refractivity contribution in [2.24, 2.45) is 0 Å². The van der Waals surface area contributed by atoms with Crippen molar-refractivity contribution in [3.63, 3.8) is 0 Å². The second-order valence-electron chi connectivity index (χ2n) is 3.61. The Labute approximate surface area is 101 Å². The number of benzene rings is 1. The Balaban J connectivity index is 2.79. The number of phenolic OH excluding ortho intramolecular Hbond substituents is 1. The molecule has 2 rings (SSSR count). The molecule has 0 saturated carbocycles. The lowest BCUT2D eigenvalue weighted by molar-refractivity contribution is 0.475. The number of rotatable bonds is 2. The quantitative estimate of drug-likeness (QED) is 0.681. The molecule has 1 aromatic heterocycles. The molecule has 1 heterocycles. The van der Waals surface area contributed by atoms with Crippen LogP contribution in [0.3, 0.4) is 0 Å². The van der Waals surface area contributed by atoms with Gasteiger partial charge in [-0.05, 0) is 37.1 Å². The van der Waals surface area contributed by atoms with Crippen molar-refractivity contribution in [3.8, 4) is 5.75 Å². The van der Waals surface area contributed by atoms with Gasteiger partial charge >= 0.3 is 5.63 Å². The van der Waals surface area contributed by atoms with Gasteiger partial charge in [0.1, 0.15) is 11.3 Å². The van der Waals surface area contributed by atoms with Crippen molar-refractivity contribution >= 4 is 26.9 Å². The fourth-order valence-corrected chi connectivity index (χ4v) is 2.16. The van der Waals surface area contributed by atoms with Crippen LogP contribution in [0.5, 0.6) is 5.75 Å². The first-order valence-corrected chi connectivity index (χ1v) is 6.07. The van der Waals surface area contributed by atoms with Crippen LogP contribution >= 0.6 is 15.9 Å². The average Bonchev–Trinajstić information content (AvgIpc) is 2.26. The molecular weight excluding hydrogens is 272 g/mol. The number of hydrogen-bond donors (Lipinski definition) is 1. The summed E-state index contributed by atoms with van der Waals surface area (Å²) in [6.45, 7) is 1.87. The van der Waals surface area contributed by atoms with Gasteiger partial charge in [-0.3, -0.25) is 0 Å². The average molecular weight is 283 g/mol. The fraction of sp³-hybridized carbons (Fsp3) is 0.250. The first kappa shape index (κ1) is 11.2. The molecule has 0 radical (unpaired) electrons. The van der Waals surface area contributed by atoms with E-state index in [2.05, 4.69) is 15.9 Å². The van der Waals surface area contributed by atoms with E-state index in [9.17, 15) is 9.90 Å². The second kappa shape index (κ2) is 4.29. The maximum atomic E-state index is 11.7. The molecule has 1 N–H and O–H groups in total. The molecule has 0 amide bonds. The van der Waals surface area contributed by atoms with Crippen LogP contribution in [0.4, 0.5) is 0 Å². The van der Waals surface area contributed by atoms with Crippen molar-refractivity contribution in [1.82, 2.24) is 0 Å². The van der Waals surface area contributed by atoms with Crippen LogP contribution in [0.2, 0.25) is 0 Å². The van der Waals surface area contributed by atoms with Crippen molar-refractivity contribution in [2.75, 3.05) is 5.33 Å². The summed E-state index contributed by atoms with van der Waals surface area (Å²) < 4.78 is 5.19. The van der Waals surface area contributed by atoms with Gasteiger partial charge in [0.15, 0.2) is 0 Å². The first-order chi connectivity index (χ1) is 7.63.